The van der Waals surface area contributed by atoms with Gasteiger partial charge in [-0.3, -0.25) is 0 Å². The minimum Gasteiger partial charge on any atom is -0.226 e. The van der Waals surface area contributed by atoms with Crippen LogP contribution in [0.25, 0.3) is 108 Å². The molecule has 0 saturated heterocycles. The van der Waals surface area contributed by atoms with Gasteiger partial charge in [-0.15, -0.1) is 22.7 Å². The van der Waals surface area contributed by atoms with Crippen molar-refractivity contribution >= 4 is 63.1 Å². The molecule has 0 aliphatic heterocycles. The minimum atomic E-state index is 0.649. The summed E-state index contributed by atoms with van der Waals surface area (Å²) < 4.78 is 4.69. The summed E-state index contributed by atoms with van der Waals surface area (Å²) in [6.07, 6.45) is 0. The summed E-state index contributed by atoms with van der Waals surface area (Å²) >= 11 is 3.56. The fourth-order valence-electron chi connectivity index (χ4n) is 7.53. The van der Waals surface area contributed by atoms with Gasteiger partial charge in [0.2, 0.25) is 0 Å². The van der Waals surface area contributed by atoms with E-state index < -0.39 is 0 Å². The third kappa shape index (κ3) is 5.56. The fraction of sp³-hybridized carbons (Fsp3) is 0. The van der Waals surface area contributed by atoms with E-state index in [0.29, 0.717) is 17.5 Å². The van der Waals surface area contributed by atoms with Gasteiger partial charge in [0.15, 0.2) is 23.3 Å². The van der Waals surface area contributed by atoms with E-state index in [1.54, 1.807) is 22.7 Å². The average molecular weight is 752 g/mol. The lowest BCUT2D eigenvalue weighted by molar-refractivity contribution is 1.08. The maximum Gasteiger partial charge on any atom is 0.164 e. The molecule has 0 amide bonds. The first-order chi connectivity index (χ1) is 27.7. The molecule has 11 rings (SSSR count). The van der Waals surface area contributed by atoms with E-state index in [-0.39, 0.29) is 0 Å². The summed E-state index contributed by atoms with van der Waals surface area (Å²) in [4.78, 5) is 25.5. The van der Waals surface area contributed by atoms with Gasteiger partial charge in [-0.1, -0.05) is 158 Å². The van der Waals surface area contributed by atoms with Gasteiger partial charge < -0.3 is 0 Å². The van der Waals surface area contributed by atoms with Crippen molar-refractivity contribution < 1.29 is 0 Å². The van der Waals surface area contributed by atoms with Gasteiger partial charge in [0.1, 0.15) is 0 Å². The molecule has 0 N–H and O–H groups in total. The molecule has 0 atom stereocenters. The summed E-state index contributed by atoms with van der Waals surface area (Å²) in [6, 6.07) is 60.9. The van der Waals surface area contributed by atoms with E-state index >= 15 is 0 Å². The van der Waals surface area contributed by atoms with Crippen molar-refractivity contribution in [2.24, 2.45) is 0 Å². The van der Waals surface area contributed by atoms with Crippen LogP contribution in [0.1, 0.15) is 0 Å². The smallest absolute Gasteiger partial charge is 0.164 e. The Kier molecular flexibility index (Phi) is 7.79. The van der Waals surface area contributed by atoms with Crippen molar-refractivity contribution in [3.8, 4) is 67.9 Å². The van der Waals surface area contributed by atoms with Crippen molar-refractivity contribution in [2.45, 2.75) is 0 Å². The second-order valence-corrected chi connectivity index (χ2v) is 15.7. The first-order valence-corrected chi connectivity index (χ1v) is 20.1. The predicted molar refractivity (Wildman–Crippen MR) is 234 cm³/mol. The number of rotatable bonds is 6. The SMILES string of the molecule is c1ccc(-c2nc(-c3ccccc3)nc(-c3cccc4sc5c(-c6cccc(-c7nc(-c8ccccc8)nc8c7sc7ccccc78)c6)cccc5c34)n2)cc1. The van der Waals surface area contributed by atoms with E-state index in [1.807, 2.05) is 78.9 Å². The van der Waals surface area contributed by atoms with Crippen molar-refractivity contribution in [2.75, 3.05) is 0 Å². The van der Waals surface area contributed by atoms with Gasteiger partial charge in [-0.2, -0.15) is 0 Å². The van der Waals surface area contributed by atoms with Crippen LogP contribution < -0.4 is 0 Å². The normalized spacial score (nSPS) is 11.6. The Morgan fingerprint density at radius 2 is 0.821 bits per heavy atom. The molecule has 0 saturated carbocycles. The van der Waals surface area contributed by atoms with Crippen LogP contribution in [0.2, 0.25) is 0 Å². The van der Waals surface area contributed by atoms with E-state index in [2.05, 4.69) is 97.1 Å². The molecule has 0 bridgehead atoms. The van der Waals surface area contributed by atoms with Crippen LogP contribution in [0, 0.1) is 0 Å². The van der Waals surface area contributed by atoms with Crippen molar-refractivity contribution in [3.05, 3.63) is 176 Å². The second kappa shape index (κ2) is 13.4. The number of thiophene rings is 2. The second-order valence-electron chi connectivity index (χ2n) is 13.6. The van der Waals surface area contributed by atoms with E-state index in [1.165, 1.54) is 25.0 Å². The lowest BCUT2D eigenvalue weighted by atomic mass is 9.98. The van der Waals surface area contributed by atoms with Gasteiger partial charge in [0.25, 0.3) is 0 Å². The molecule has 0 unspecified atom stereocenters. The fourth-order valence-corrected chi connectivity index (χ4v) is 9.95. The van der Waals surface area contributed by atoms with Crippen LogP contribution in [0.3, 0.4) is 0 Å². The highest BCUT2D eigenvalue weighted by Gasteiger charge is 2.20. The zero-order chi connectivity index (χ0) is 37.0. The highest BCUT2D eigenvalue weighted by atomic mass is 32.1. The lowest BCUT2D eigenvalue weighted by Crippen LogP contribution is -2.00. The topological polar surface area (TPSA) is 64.5 Å². The molecular formula is C49H29N5S2. The van der Waals surface area contributed by atoms with Crippen molar-refractivity contribution in [1.29, 1.82) is 0 Å². The Bertz CT molecular complexity index is 3190. The van der Waals surface area contributed by atoms with Crippen molar-refractivity contribution in [1.82, 2.24) is 24.9 Å². The molecule has 262 valence electrons. The van der Waals surface area contributed by atoms with Gasteiger partial charge in [0.05, 0.1) is 15.9 Å². The van der Waals surface area contributed by atoms with E-state index in [9.17, 15) is 0 Å². The molecule has 0 aliphatic rings. The monoisotopic (exact) mass is 751 g/mol. The van der Waals surface area contributed by atoms with Gasteiger partial charge in [-0.05, 0) is 29.3 Å². The predicted octanol–water partition coefficient (Wildman–Crippen LogP) is 13.4. The number of nitrogens with zero attached hydrogens (tertiary/aromatic N) is 5. The zero-order valence-corrected chi connectivity index (χ0v) is 31.4. The van der Waals surface area contributed by atoms with Gasteiger partial charge in [0, 0.05) is 58.1 Å². The molecular weight excluding hydrogens is 723 g/mol. The quantitative estimate of drug-likeness (QED) is 0.169. The van der Waals surface area contributed by atoms with Crippen LogP contribution in [0.5, 0.6) is 0 Å². The Hall–Kier alpha value is -6.93. The average Bonchev–Trinajstić information content (AvgIpc) is 3.86. The van der Waals surface area contributed by atoms with Gasteiger partial charge >= 0.3 is 0 Å². The highest BCUT2D eigenvalue weighted by molar-refractivity contribution is 7.26. The number of fused-ring (bicyclic) bond motifs is 6. The number of benzene rings is 7. The summed E-state index contributed by atoms with van der Waals surface area (Å²) in [5.41, 5.74) is 9.18. The minimum absolute atomic E-state index is 0.649. The number of hydrogen-bond acceptors (Lipinski definition) is 7. The first kappa shape index (κ1) is 32.5. The van der Waals surface area contributed by atoms with Crippen molar-refractivity contribution in [3.63, 3.8) is 0 Å². The largest absolute Gasteiger partial charge is 0.226 e. The van der Waals surface area contributed by atoms with E-state index in [0.717, 1.165) is 65.9 Å². The molecule has 4 heterocycles. The molecule has 4 aromatic heterocycles. The Balaban J connectivity index is 1.09. The Morgan fingerprint density at radius 3 is 1.54 bits per heavy atom. The molecule has 0 spiro atoms. The molecule has 7 aromatic carbocycles. The standard InChI is InChI=1S/C49H29N5S2/c1-4-15-30(16-5-1)46-50-42(45-43(51-46)36-23-10-11-27-39(36)55-45)34-22-12-21-33(29-34)35-24-13-25-37-41-38(26-14-28-40(41)56-44(35)37)49-53-47(31-17-6-2-7-18-31)52-48(54-49)32-19-8-3-9-20-32/h1-29H. The molecule has 7 heteroatoms. The maximum atomic E-state index is 5.25. The number of aromatic nitrogens is 5. The van der Waals surface area contributed by atoms with Gasteiger partial charge in [-0.25, -0.2) is 24.9 Å². The van der Waals surface area contributed by atoms with Crippen LogP contribution in [-0.2, 0) is 0 Å². The summed E-state index contributed by atoms with van der Waals surface area (Å²) in [5, 5.41) is 3.47. The molecule has 11 aromatic rings. The molecule has 0 radical (unpaired) electrons. The molecule has 0 aliphatic carbocycles. The Labute approximate surface area is 330 Å². The maximum absolute atomic E-state index is 5.25. The highest BCUT2D eigenvalue weighted by Crippen LogP contribution is 2.45. The van der Waals surface area contributed by atoms with Crippen LogP contribution in [0.4, 0.5) is 0 Å². The molecule has 56 heavy (non-hydrogen) atoms. The molecule has 0 fully saturated rings. The van der Waals surface area contributed by atoms with Crippen LogP contribution in [0.15, 0.2) is 176 Å². The lowest BCUT2D eigenvalue weighted by Gasteiger charge is -2.10. The van der Waals surface area contributed by atoms with E-state index in [4.69, 9.17) is 24.9 Å². The summed E-state index contributed by atoms with van der Waals surface area (Å²) in [5.74, 6) is 2.68. The third-order valence-corrected chi connectivity index (χ3v) is 12.5. The van der Waals surface area contributed by atoms with Crippen LogP contribution >= 0.6 is 22.7 Å². The Morgan fingerprint density at radius 1 is 0.321 bits per heavy atom. The third-order valence-electron chi connectivity index (χ3n) is 10.2. The first-order valence-electron chi connectivity index (χ1n) is 18.4. The summed E-state index contributed by atoms with van der Waals surface area (Å²) in [6.45, 7) is 0. The van der Waals surface area contributed by atoms with Crippen LogP contribution in [-0.4, -0.2) is 24.9 Å². The molecule has 5 nitrogen and oxygen atoms in total. The zero-order valence-electron chi connectivity index (χ0n) is 29.8. The number of hydrogen-bond donors (Lipinski definition) is 0. The summed E-state index contributed by atoms with van der Waals surface area (Å²) in [7, 11) is 0.